The van der Waals surface area contributed by atoms with Crippen LogP contribution in [0.15, 0.2) is 21.3 Å². The van der Waals surface area contributed by atoms with Gasteiger partial charge >= 0.3 is 0 Å². The SMILES string of the molecule is Cc1nc(CN(C)CC(=O)c2ccc(Br)s2)cs1. The molecule has 3 nitrogen and oxygen atoms in total. The van der Waals surface area contributed by atoms with Crippen molar-refractivity contribution in [1.29, 1.82) is 0 Å². The van der Waals surface area contributed by atoms with E-state index >= 15 is 0 Å². The predicted molar refractivity (Wildman–Crippen MR) is 79.5 cm³/mol. The van der Waals surface area contributed by atoms with Crippen LogP contribution in [0.1, 0.15) is 20.4 Å². The molecule has 0 bridgehead atoms. The minimum absolute atomic E-state index is 0.153. The number of Topliss-reactive ketones (excluding diaryl/α,β-unsaturated/α-hetero) is 1. The molecule has 2 rings (SSSR count). The van der Waals surface area contributed by atoms with Gasteiger partial charge in [-0.05, 0) is 42.0 Å². The number of aromatic nitrogens is 1. The van der Waals surface area contributed by atoms with Gasteiger partial charge in [-0.25, -0.2) is 4.98 Å². The summed E-state index contributed by atoms with van der Waals surface area (Å²) in [4.78, 5) is 19.2. The van der Waals surface area contributed by atoms with Crippen molar-refractivity contribution in [2.75, 3.05) is 13.6 Å². The lowest BCUT2D eigenvalue weighted by Crippen LogP contribution is -2.25. The lowest BCUT2D eigenvalue weighted by atomic mass is 10.3. The van der Waals surface area contributed by atoms with E-state index in [4.69, 9.17) is 0 Å². The van der Waals surface area contributed by atoms with E-state index in [1.165, 1.54) is 11.3 Å². The topological polar surface area (TPSA) is 33.2 Å². The summed E-state index contributed by atoms with van der Waals surface area (Å²) in [6, 6.07) is 3.76. The molecule has 0 N–H and O–H groups in total. The van der Waals surface area contributed by atoms with E-state index in [1.54, 1.807) is 11.3 Å². The van der Waals surface area contributed by atoms with E-state index in [-0.39, 0.29) is 5.78 Å². The number of carbonyl (C=O) groups excluding carboxylic acids is 1. The van der Waals surface area contributed by atoms with Crippen LogP contribution in [-0.2, 0) is 6.54 Å². The van der Waals surface area contributed by atoms with Crippen molar-refractivity contribution >= 4 is 44.4 Å². The average molecular weight is 345 g/mol. The minimum atomic E-state index is 0.153. The number of aryl methyl sites for hydroxylation is 1. The molecule has 0 radical (unpaired) electrons. The van der Waals surface area contributed by atoms with Gasteiger partial charge in [-0.3, -0.25) is 9.69 Å². The molecule has 2 heterocycles. The number of thiazole rings is 1. The summed E-state index contributed by atoms with van der Waals surface area (Å²) in [7, 11) is 1.94. The Labute approximate surface area is 123 Å². The highest BCUT2D eigenvalue weighted by Crippen LogP contribution is 2.22. The molecule has 0 amide bonds. The van der Waals surface area contributed by atoms with Crippen molar-refractivity contribution in [3.05, 3.63) is 36.9 Å². The molecule has 0 saturated carbocycles. The van der Waals surface area contributed by atoms with E-state index in [2.05, 4.69) is 20.9 Å². The Kier molecular flexibility index (Phi) is 4.66. The third-order valence-corrected chi connectivity index (χ3v) is 4.85. The summed E-state index contributed by atoms with van der Waals surface area (Å²) < 4.78 is 0.989. The largest absolute Gasteiger partial charge is 0.293 e. The van der Waals surface area contributed by atoms with Gasteiger partial charge in [0.2, 0.25) is 0 Å². The van der Waals surface area contributed by atoms with E-state index in [1.807, 2.05) is 36.4 Å². The van der Waals surface area contributed by atoms with Gasteiger partial charge in [0.25, 0.3) is 0 Å². The normalized spacial score (nSPS) is 11.1. The maximum absolute atomic E-state index is 12.0. The number of nitrogens with zero attached hydrogens (tertiary/aromatic N) is 2. The van der Waals surface area contributed by atoms with E-state index in [0.29, 0.717) is 13.1 Å². The van der Waals surface area contributed by atoms with Crippen LogP contribution in [0.5, 0.6) is 0 Å². The molecule has 0 saturated heterocycles. The number of rotatable bonds is 5. The van der Waals surface area contributed by atoms with E-state index < -0.39 is 0 Å². The van der Waals surface area contributed by atoms with Gasteiger partial charge in [-0.15, -0.1) is 22.7 Å². The highest BCUT2D eigenvalue weighted by atomic mass is 79.9. The molecule has 0 unspecified atom stereocenters. The first kappa shape index (κ1) is 13.9. The predicted octanol–water partition coefficient (Wildman–Crippen LogP) is 3.59. The number of likely N-dealkylation sites (N-methyl/N-ethyl adjacent to an activating group) is 1. The van der Waals surface area contributed by atoms with Crippen molar-refractivity contribution in [1.82, 2.24) is 9.88 Å². The van der Waals surface area contributed by atoms with Crippen LogP contribution >= 0.6 is 38.6 Å². The summed E-state index contributed by atoms with van der Waals surface area (Å²) in [5.41, 5.74) is 1.03. The Morgan fingerprint density at radius 3 is 2.83 bits per heavy atom. The molecule has 0 fully saturated rings. The number of hydrogen-bond acceptors (Lipinski definition) is 5. The summed E-state index contributed by atoms with van der Waals surface area (Å²) in [6.45, 7) is 3.12. The van der Waals surface area contributed by atoms with Crippen LogP contribution in [-0.4, -0.2) is 29.3 Å². The number of ketones is 1. The fraction of sp³-hybridized carbons (Fsp3) is 0.333. The second kappa shape index (κ2) is 6.06. The lowest BCUT2D eigenvalue weighted by molar-refractivity contribution is 0.0946. The zero-order chi connectivity index (χ0) is 13.1. The molecule has 6 heteroatoms. The molecule has 2 aromatic heterocycles. The number of halogens is 1. The van der Waals surface area contributed by atoms with Gasteiger partial charge in [-0.2, -0.15) is 0 Å². The van der Waals surface area contributed by atoms with Crippen molar-refractivity contribution in [2.24, 2.45) is 0 Å². The standard InChI is InChI=1S/C12H13BrN2OS2/c1-8-14-9(7-17-8)5-15(2)6-10(16)11-3-4-12(13)18-11/h3-4,7H,5-6H2,1-2H3. The lowest BCUT2D eigenvalue weighted by Gasteiger charge is -2.13. The Balaban J connectivity index is 1.91. The van der Waals surface area contributed by atoms with Crippen LogP contribution in [0.25, 0.3) is 0 Å². The monoisotopic (exact) mass is 344 g/mol. The average Bonchev–Trinajstić information content (AvgIpc) is 2.87. The second-order valence-electron chi connectivity index (χ2n) is 4.06. The van der Waals surface area contributed by atoms with Crippen LogP contribution in [0, 0.1) is 6.92 Å². The first-order valence-electron chi connectivity index (χ1n) is 5.42. The molecular formula is C12H13BrN2OS2. The van der Waals surface area contributed by atoms with Crippen LogP contribution in [0.3, 0.4) is 0 Å². The number of carbonyl (C=O) groups is 1. The van der Waals surface area contributed by atoms with Crippen molar-refractivity contribution in [2.45, 2.75) is 13.5 Å². The number of hydrogen-bond donors (Lipinski definition) is 0. The fourth-order valence-corrected chi connectivity index (χ4v) is 3.52. The molecule has 2 aromatic rings. The Bertz CT molecular complexity index is 550. The summed E-state index contributed by atoms with van der Waals surface area (Å²) in [5, 5.41) is 3.10. The highest BCUT2D eigenvalue weighted by Gasteiger charge is 2.12. The van der Waals surface area contributed by atoms with Crippen molar-refractivity contribution in [3.63, 3.8) is 0 Å². The number of thiophene rings is 1. The Morgan fingerprint density at radius 2 is 2.28 bits per heavy atom. The van der Waals surface area contributed by atoms with Crippen molar-refractivity contribution in [3.8, 4) is 0 Å². The van der Waals surface area contributed by atoms with Gasteiger partial charge in [0.05, 0.1) is 25.9 Å². The Hall–Kier alpha value is -0.560. The smallest absolute Gasteiger partial charge is 0.186 e. The van der Waals surface area contributed by atoms with Crippen molar-refractivity contribution < 1.29 is 4.79 Å². The Morgan fingerprint density at radius 1 is 1.50 bits per heavy atom. The van der Waals surface area contributed by atoms with Gasteiger partial charge in [-0.1, -0.05) is 0 Å². The fourth-order valence-electron chi connectivity index (χ4n) is 1.60. The zero-order valence-corrected chi connectivity index (χ0v) is 13.4. The third kappa shape index (κ3) is 3.71. The maximum Gasteiger partial charge on any atom is 0.186 e. The summed E-state index contributed by atoms with van der Waals surface area (Å²) in [6.07, 6.45) is 0. The molecule has 0 aromatic carbocycles. The highest BCUT2D eigenvalue weighted by molar-refractivity contribution is 9.11. The first-order valence-corrected chi connectivity index (χ1v) is 7.91. The summed E-state index contributed by atoms with van der Waals surface area (Å²) >= 11 is 6.48. The molecule has 0 atom stereocenters. The van der Waals surface area contributed by atoms with E-state index in [9.17, 15) is 4.79 Å². The van der Waals surface area contributed by atoms with Gasteiger partial charge in [0.15, 0.2) is 5.78 Å². The molecule has 0 aliphatic rings. The van der Waals surface area contributed by atoms with Gasteiger partial charge < -0.3 is 0 Å². The second-order valence-corrected chi connectivity index (χ2v) is 7.58. The third-order valence-electron chi connectivity index (χ3n) is 2.36. The summed E-state index contributed by atoms with van der Waals surface area (Å²) in [5.74, 6) is 0.153. The first-order chi connectivity index (χ1) is 8.54. The minimum Gasteiger partial charge on any atom is -0.293 e. The zero-order valence-electron chi connectivity index (χ0n) is 10.1. The maximum atomic E-state index is 12.0. The van der Waals surface area contributed by atoms with Gasteiger partial charge in [0.1, 0.15) is 0 Å². The molecule has 0 aliphatic carbocycles. The molecule has 18 heavy (non-hydrogen) atoms. The van der Waals surface area contributed by atoms with Crippen LogP contribution in [0.2, 0.25) is 0 Å². The molecule has 0 aliphatic heterocycles. The quantitative estimate of drug-likeness (QED) is 0.777. The molecule has 96 valence electrons. The van der Waals surface area contributed by atoms with Crippen LogP contribution in [0.4, 0.5) is 0 Å². The van der Waals surface area contributed by atoms with E-state index in [0.717, 1.165) is 19.4 Å². The molecule has 0 spiro atoms. The molecular weight excluding hydrogens is 332 g/mol. The van der Waals surface area contributed by atoms with Gasteiger partial charge in [0, 0.05) is 11.9 Å². The van der Waals surface area contributed by atoms with Crippen LogP contribution < -0.4 is 0 Å².